The summed E-state index contributed by atoms with van der Waals surface area (Å²) >= 11 is 0. The van der Waals surface area contributed by atoms with Crippen LogP contribution in [0.15, 0.2) is 12.4 Å². The van der Waals surface area contributed by atoms with Crippen LogP contribution >= 0.6 is 0 Å². The number of aromatic nitrogens is 2. The third-order valence-electron chi connectivity index (χ3n) is 3.15. The van der Waals surface area contributed by atoms with Crippen molar-refractivity contribution in [2.24, 2.45) is 11.7 Å². The molecule has 0 aromatic carbocycles. The first-order valence-corrected chi connectivity index (χ1v) is 5.19. The SMILES string of the molecule is Cc1nccnc1C1(N)CCC(C)C1. The average molecular weight is 191 g/mol. The number of rotatable bonds is 1. The molecule has 1 aromatic rings. The Hall–Kier alpha value is -0.960. The van der Waals surface area contributed by atoms with Crippen LogP contribution in [0, 0.1) is 12.8 Å². The fraction of sp³-hybridized carbons (Fsp3) is 0.636. The topological polar surface area (TPSA) is 51.8 Å². The van der Waals surface area contributed by atoms with Gasteiger partial charge in [0, 0.05) is 12.4 Å². The minimum absolute atomic E-state index is 0.224. The molecule has 2 N–H and O–H groups in total. The molecular weight excluding hydrogens is 174 g/mol. The van der Waals surface area contributed by atoms with Crippen molar-refractivity contribution in [2.45, 2.75) is 38.6 Å². The molecule has 0 radical (unpaired) electrons. The monoisotopic (exact) mass is 191 g/mol. The normalized spacial score (nSPS) is 32.1. The zero-order valence-electron chi connectivity index (χ0n) is 8.83. The second-order valence-corrected chi connectivity index (χ2v) is 4.49. The number of nitrogens with two attached hydrogens (primary N) is 1. The van der Waals surface area contributed by atoms with Gasteiger partial charge in [-0.25, -0.2) is 0 Å². The predicted octanol–water partition coefficient (Wildman–Crippen LogP) is 1.76. The summed E-state index contributed by atoms with van der Waals surface area (Å²) in [6.07, 6.45) is 6.73. The van der Waals surface area contributed by atoms with Crippen molar-refractivity contribution in [3.05, 3.63) is 23.8 Å². The Morgan fingerprint density at radius 3 is 2.71 bits per heavy atom. The lowest BCUT2D eigenvalue weighted by atomic mass is 9.92. The van der Waals surface area contributed by atoms with Gasteiger partial charge in [-0.2, -0.15) is 0 Å². The molecule has 3 heteroatoms. The summed E-state index contributed by atoms with van der Waals surface area (Å²) in [7, 11) is 0. The van der Waals surface area contributed by atoms with Gasteiger partial charge in [-0.1, -0.05) is 6.92 Å². The van der Waals surface area contributed by atoms with Gasteiger partial charge >= 0.3 is 0 Å². The van der Waals surface area contributed by atoms with Gasteiger partial charge in [0.25, 0.3) is 0 Å². The van der Waals surface area contributed by atoms with E-state index in [0.29, 0.717) is 5.92 Å². The first kappa shape index (κ1) is 9.59. The number of hydrogen-bond donors (Lipinski definition) is 1. The van der Waals surface area contributed by atoms with Gasteiger partial charge in [-0.3, -0.25) is 9.97 Å². The summed E-state index contributed by atoms with van der Waals surface area (Å²) in [5.41, 5.74) is 8.11. The van der Waals surface area contributed by atoms with Gasteiger partial charge in [-0.05, 0) is 32.1 Å². The summed E-state index contributed by atoms with van der Waals surface area (Å²) in [6, 6.07) is 0. The second-order valence-electron chi connectivity index (χ2n) is 4.49. The maximum absolute atomic E-state index is 6.37. The third kappa shape index (κ3) is 1.52. The average Bonchev–Trinajstić information content (AvgIpc) is 2.48. The molecule has 2 rings (SSSR count). The van der Waals surface area contributed by atoms with Crippen LogP contribution in [0.4, 0.5) is 0 Å². The highest BCUT2D eigenvalue weighted by molar-refractivity contribution is 5.21. The summed E-state index contributed by atoms with van der Waals surface area (Å²) in [5, 5.41) is 0. The number of hydrogen-bond acceptors (Lipinski definition) is 3. The lowest BCUT2D eigenvalue weighted by Crippen LogP contribution is -2.35. The largest absolute Gasteiger partial charge is 0.320 e. The van der Waals surface area contributed by atoms with E-state index in [4.69, 9.17) is 5.73 Å². The highest BCUT2D eigenvalue weighted by Gasteiger charge is 2.37. The Morgan fingerprint density at radius 2 is 2.14 bits per heavy atom. The highest BCUT2D eigenvalue weighted by Crippen LogP contribution is 2.39. The molecule has 0 spiro atoms. The van der Waals surface area contributed by atoms with Gasteiger partial charge in [0.2, 0.25) is 0 Å². The molecule has 0 aliphatic heterocycles. The fourth-order valence-corrected chi connectivity index (χ4v) is 2.44. The van der Waals surface area contributed by atoms with E-state index in [1.54, 1.807) is 12.4 Å². The van der Waals surface area contributed by atoms with Gasteiger partial charge in [0.15, 0.2) is 0 Å². The van der Waals surface area contributed by atoms with Crippen molar-refractivity contribution >= 4 is 0 Å². The first-order valence-electron chi connectivity index (χ1n) is 5.19. The van der Waals surface area contributed by atoms with E-state index >= 15 is 0 Å². The molecule has 1 saturated carbocycles. The van der Waals surface area contributed by atoms with Crippen LogP contribution in [0.1, 0.15) is 37.6 Å². The van der Waals surface area contributed by atoms with Gasteiger partial charge in [0.1, 0.15) is 0 Å². The van der Waals surface area contributed by atoms with Crippen LogP contribution in [0.25, 0.3) is 0 Å². The van der Waals surface area contributed by atoms with E-state index in [0.717, 1.165) is 24.2 Å². The summed E-state index contributed by atoms with van der Waals surface area (Å²) in [4.78, 5) is 8.63. The molecule has 1 heterocycles. The molecule has 14 heavy (non-hydrogen) atoms. The molecule has 1 aromatic heterocycles. The third-order valence-corrected chi connectivity index (χ3v) is 3.15. The molecule has 1 fully saturated rings. The molecule has 2 atom stereocenters. The van der Waals surface area contributed by atoms with E-state index < -0.39 is 0 Å². The molecule has 76 valence electrons. The lowest BCUT2D eigenvalue weighted by Gasteiger charge is -2.24. The maximum atomic E-state index is 6.37. The molecule has 3 nitrogen and oxygen atoms in total. The highest BCUT2D eigenvalue weighted by atomic mass is 14.9. The first-order chi connectivity index (χ1) is 6.62. The Balaban J connectivity index is 2.35. The van der Waals surface area contributed by atoms with Crippen molar-refractivity contribution < 1.29 is 0 Å². The molecule has 2 unspecified atom stereocenters. The van der Waals surface area contributed by atoms with E-state index in [-0.39, 0.29) is 5.54 Å². The fourth-order valence-electron chi connectivity index (χ4n) is 2.44. The summed E-state index contributed by atoms with van der Waals surface area (Å²) in [6.45, 7) is 4.24. The lowest BCUT2D eigenvalue weighted by molar-refractivity contribution is 0.423. The minimum atomic E-state index is -0.224. The van der Waals surface area contributed by atoms with E-state index in [9.17, 15) is 0 Å². The van der Waals surface area contributed by atoms with E-state index in [1.165, 1.54) is 6.42 Å². The zero-order valence-corrected chi connectivity index (χ0v) is 8.83. The minimum Gasteiger partial charge on any atom is -0.320 e. The van der Waals surface area contributed by atoms with Gasteiger partial charge in [0.05, 0.1) is 16.9 Å². The predicted molar refractivity (Wildman–Crippen MR) is 55.6 cm³/mol. The summed E-state index contributed by atoms with van der Waals surface area (Å²) in [5.74, 6) is 0.710. The van der Waals surface area contributed by atoms with Crippen molar-refractivity contribution in [1.82, 2.24) is 9.97 Å². The Bertz CT molecular complexity index is 337. The number of aryl methyl sites for hydroxylation is 1. The van der Waals surface area contributed by atoms with E-state index in [1.807, 2.05) is 6.92 Å². The molecule has 1 aliphatic rings. The van der Waals surface area contributed by atoms with Gasteiger partial charge < -0.3 is 5.73 Å². The molecule has 0 saturated heterocycles. The van der Waals surface area contributed by atoms with Crippen LogP contribution < -0.4 is 5.73 Å². The number of nitrogens with zero attached hydrogens (tertiary/aromatic N) is 2. The second kappa shape index (κ2) is 3.31. The quantitative estimate of drug-likeness (QED) is 0.736. The molecule has 0 bridgehead atoms. The van der Waals surface area contributed by atoms with E-state index in [2.05, 4.69) is 16.9 Å². The Kier molecular flexibility index (Phi) is 2.27. The van der Waals surface area contributed by atoms with Crippen molar-refractivity contribution in [3.63, 3.8) is 0 Å². The van der Waals surface area contributed by atoms with Crippen LogP contribution in [-0.2, 0) is 5.54 Å². The summed E-state index contributed by atoms with van der Waals surface area (Å²) < 4.78 is 0. The van der Waals surface area contributed by atoms with Crippen molar-refractivity contribution in [2.75, 3.05) is 0 Å². The van der Waals surface area contributed by atoms with Crippen LogP contribution in [0.5, 0.6) is 0 Å². The molecule has 1 aliphatic carbocycles. The Labute approximate surface area is 84.8 Å². The zero-order chi connectivity index (χ0) is 10.2. The van der Waals surface area contributed by atoms with Crippen molar-refractivity contribution in [3.8, 4) is 0 Å². The Morgan fingerprint density at radius 1 is 1.43 bits per heavy atom. The van der Waals surface area contributed by atoms with Gasteiger partial charge in [-0.15, -0.1) is 0 Å². The van der Waals surface area contributed by atoms with Crippen molar-refractivity contribution in [1.29, 1.82) is 0 Å². The maximum Gasteiger partial charge on any atom is 0.0814 e. The van der Waals surface area contributed by atoms with Crippen LogP contribution in [-0.4, -0.2) is 9.97 Å². The standard InChI is InChI=1S/C11H17N3/c1-8-3-4-11(12,7-8)10-9(2)13-5-6-14-10/h5-6,8H,3-4,7,12H2,1-2H3. The van der Waals surface area contributed by atoms with Crippen LogP contribution in [0.2, 0.25) is 0 Å². The smallest absolute Gasteiger partial charge is 0.0814 e. The molecule has 0 amide bonds. The van der Waals surface area contributed by atoms with Crippen LogP contribution in [0.3, 0.4) is 0 Å². The molecular formula is C11H17N3.